The van der Waals surface area contributed by atoms with E-state index in [2.05, 4.69) is 11.4 Å². The molecule has 0 heterocycles. The summed E-state index contributed by atoms with van der Waals surface area (Å²) in [6.45, 7) is 1.92. The Morgan fingerprint density at radius 3 is 2.39 bits per heavy atom. The van der Waals surface area contributed by atoms with E-state index in [4.69, 9.17) is 5.26 Å². The molecule has 0 spiro atoms. The molecule has 0 aromatic heterocycles. The highest BCUT2D eigenvalue weighted by molar-refractivity contribution is 5.46. The zero-order chi connectivity index (χ0) is 16.9. The van der Waals surface area contributed by atoms with Crippen molar-refractivity contribution in [3.63, 3.8) is 0 Å². The van der Waals surface area contributed by atoms with Gasteiger partial charge in [-0.05, 0) is 42.7 Å². The van der Waals surface area contributed by atoms with Gasteiger partial charge in [-0.1, -0.05) is 30.3 Å². The average molecular weight is 318 g/mol. The van der Waals surface area contributed by atoms with Crippen LogP contribution in [-0.2, 0) is 19.0 Å². The van der Waals surface area contributed by atoms with Gasteiger partial charge in [0.25, 0.3) is 0 Å². The topological polar surface area (TPSA) is 35.8 Å². The van der Waals surface area contributed by atoms with Crippen LogP contribution in [0.3, 0.4) is 0 Å². The van der Waals surface area contributed by atoms with Crippen LogP contribution in [0, 0.1) is 11.3 Å². The molecule has 0 aliphatic rings. The largest absolute Gasteiger partial charge is 0.416 e. The molecule has 2 aromatic carbocycles. The summed E-state index contributed by atoms with van der Waals surface area (Å²) in [5, 5.41) is 11.9. The van der Waals surface area contributed by atoms with Gasteiger partial charge >= 0.3 is 6.18 Å². The molecule has 0 fully saturated rings. The maximum absolute atomic E-state index is 12.7. The predicted molar refractivity (Wildman–Crippen MR) is 84.0 cm³/mol. The summed E-state index contributed by atoms with van der Waals surface area (Å²) in [4.78, 5) is 0. The maximum atomic E-state index is 12.7. The fourth-order valence-corrected chi connectivity index (χ4v) is 2.37. The van der Waals surface area contributed by atoms with Crippen molar-refractivity contribution in [1.82, 2.24) is 0 Å². The number of hydrogen-bond donors (Lipinski definition) is 1. The van der Waals surface area contributed by atoms with Gasteiger partial charge < -0.3 is 5.32 Å². The third-order valence-electron chi connectivity index (χ3n) is 3.45. The number of benzene rings is 2. The van der Waals surface area contributed by atoms with E-state index < -0.39 is 11.7 Å². The Morgan fingerprint density at radius 1 is 1.09 bits per heavy atom. The van der Waals surface area contributed by atoms with Crippen molar-refractivity contribution in [3.8, 4) is 6.07 Å². The van der Waals surface area contributed by atoms with Crippen molar-refractivity contribution in [3.05, 3.63) is 65.2 Å². The van der Waals surface area contributed by atoms with E-state index in [1.807, 2.05) is 31.2 Å². The van der Waals surface area contributed by atoms with Crippen LogP contribution >= 0.6 is 0 Å². The minimum atomic E-state index is -4.32. The Bertz CT molecular complexity index is 685. The summed E-state index contributed by atoms with van der Waals surface area (Å²) >= 11 is 0. The Balaban J connectivity index is 1.99. The molecule has 0 bridgehead atoms. The molecule has 5 heteroatoms. The monoisotopic (exact) mass is 318 g/mol. The highest BCUT2D eigenvalue weighted by Crippen LogP contribution is 2.29. The number of hydrogen-bond acceptors (Lipinski definition) is 2. The van der Waals surface area contributed by atoms with Gasteiger partial charge in [0.1, 0.15) is 0 Å². The second-order valence-corrected chi connectivity index (χ2v) is 5.48. The Morgan fingerprint density at radius 2 is 1.78 bits per heavy atom. The molecule has 1 atom stereocenters. The molecule has 0 unspecified atom stereocenters. The van der Waals surface area contributed by atoms with E-state index >= 15 is 0 Å². The van der Waals surface area contributed by atoms with Crippen LogP contribution in [0.1, 0.15) is 23.6 Å². The number of nitriles is 1. The lowest BCUT2D eigenvalue weighted by Crippen LogP contribution is -2.18. The molecule has 0 aliphatic heterocycles. The van der Waals surface area contributed by atoms with E-state index in [0.29, 0.717) is 18.4 Å². The van der Waals surface area contributed by atoms with Gasteiger partial charge in [0.15, 0.2) is 0 Å². The minimum Gasteiger partial charge on any atom is -0.382 e. The minimum absolute atomic E-state index is 0.0136. The van der Waals surface area contributed by atoms with Crippen LogP contribution in [0.2, 0.25) is 0 Å². The van der Waals surface area contributed by atoms with Crippen LogP contribution in [0.5, 0.6) is 0 Å². The van der Waals surface area contributed by atoms with E-state index in [9.17, 15) is 13.2 Å². The van der Waals surface area contributed by atoms with Gasteiger partial charge in [0.05, 0.1) is 18.1 Å². The number of anilines is 1. The fourth-order valence-electron chi connectivity index (χ4n) is 2.37. The lowest BCUT2D eigenvalue weighted by Gasteiger charge is -2.16. The first-order valence-electron chi connectivity index (χ1n) is 7.27. The van der Waals surface area contributed by atoms with Gasteiger partial charge in [0.2, 0.25) is 0 Å². The second-order valence-electron chi connectivity index (χ2n) is 5.48. The second kappa shape index (κ2) is 7.19. The number of alkyl halides is 3. The van der Waals surface area contributed by atoms with Crippen LogP contribution in [0.15, 0.2) is 48.5 Å². The summed E-state index contributed by atoms with van der Waals surface area (Å²) in [6, 6.07) is 14.9. The Hall–Kier alpha value is -2.48. The first-order valence-corrected chi connectivity index (χ1v) is 7.27. The van der Waals surface area contributed by atoms with Crippen molar-refractivity contribution in [2.24, 2.45) is 0 Å². The lowest BCUT2D eigenvalue weighted by atomic mass is 10.0. The summed E-state index contributed by atoms with van der Waals surface area (Å²) in [6.07, 6.45) is -3.47. The summed E-state index contributed by atoms with van der Waals surface area (Å²) in [5.74, 6) is 0. The van der Waals surface area contributed by atoms with Crippen molar-refractivity contribution >= 4 is 5.69 Å². The van der Waals surface area contributed by atoms with Gasteiger partial charge in [-0.25, -0.2) is 0 Å². The molecule has 120 valence electrons. The van der Waals surface area contributed by atoms with Crippen molar-refractivity contribution in [2.45, 2.75) is 32.0 Å². The molecule has 1 N–H and O–H groups in total. The van der Waals surface area contributed by atoms with Crippen LogP contribution in [0.25, 0.3) is 0 Å². The van der Waals surface area contributed by atoms with Gasteiger partial charge in [-0.3, -0.25) is 0 Å². The zero-order valence-corrected chi connectivity index (χ0v) is 12.7. The summed E-state index contributed by atoms with van der Waals surface area (Å²) < 4.78 is 38.1. The SMILES string of the molecule is C[C@@H](Cc1cccc(C(F)(F)F)c1)Nc1ccc(CC#N)cc1. The standard InChI is InChI=1S/C18H17F3N2/c1-13(23-17-7-5-14(6-8-17)9-10-22)11-15-3-2-4-16(12-15)18(19,20)21/h2-8,12-13,23H,9,11H2,1H3/t13-/m0/s1. The van der Waals surface area contributed by atoms with Crippen molar-refractivity contribution in [1.29, 1.82) is 5.26 Å². The highest BCUT2D eigenvalue weighted by Gasteiger charge is 2.30. The summed E-state index contributed by atoms with van der Waals surface area (Å²) in [7, 11) is 0. The molecule has 2 rings (SSSR count). The fraction of sp³-hybridized carbons (Fsp3) is 0.278. The smallest absolute Gasteiger partial charge is 0.382 e. The Kier molecular flexibility index (Phi) is 5.28. The molecule has 23 heavy (non-hydrogen) atoms. The average Bonchev–Trinajstić information content (AvgIpc) is 2.49. The molecule has 2 aromatic rings. The Labute approximate surface area is 133 Å². The van der Waals surface area contributed by atoms with Crippen molar-refractivity contribution < 1.29 is 13.2 Å². The van der Waals surface area contributed by atoms with E-state index in [1.54, 1.807) is 6.07 Å². The van der Waals surface area contributed by atoms with Gasteiger partial charge in [-0.15, -0.1) is 0 Å². The molecule has 0 saturated carbocycles. The molecule has 0 amide bonds. The first-order chi connectivity index (χ1) is 10.9. The van der Waals surface area contributed by atoms with E-state index in [0.717, 1.165) is 17.3 Å². The summed E-state index contributed by atoms with van der Waals surface area (Å²) in [5.41, 5.74) is 1.83. The predicted octanol–water partition coefficient (Wildman–Crippen LogP) is 4.81. The number of halogens is 3. The first kappa shape index (κ1) is 16.9. The van der Waals surface area contributed by atoms with Crippen LogP contribution in [-0.4, -0.2) is 6.04 Å². The molecule has 0 aliphatic carbocycles. The van der Waals surface area contributed by atoms with Crippen molar-refractivity contribution in [2.75, 3.05) is 5.32 Å². The van der Waals surface area contributed by atoms with Gasteiger partial charge in [-0.2, -0.15) is 18.4 Å². The molecular weight excluding hydrogens is 301 g/mol. The number of nitrogens with one attached hydrogen (secondary N) is 1. The molecular formula is C18H17F3N2. The molecule has 0 saturated heterocycles. The lowest BCUT2D eigenvalue weighted by molar-refractivity contribution is -0.137. The normalized spacial score (nSPS) is 12.5. The third-order valence-corrected chi connectivity index (χ3v) is 3.45. The van der Waals surface area contributed by atoms with Crippen LogP contribution in [0.4, 0.5) is 18.9 Å². The number of rotatable bonds is 5. The zero-order valence-electron chi connectivity index (χ0n) is 12.7. The van der Waals surface area contributed by atoms with E-state index in [-0.39, 0.29) is 6.04 Å². The third kappa shape index (κ3) is 5.03. The quantitative estimate of drug-likeness (QED) is 0.858. The molecule has 2 nitrogen and oxygen atoms in total. The van der Waals surface area contributed by atoms with E-state index in [1.165, 1.54) is 12.1 Å². The number of nitrogens with zero attached hydrogens (tertiary/aromatic N) is 1. The van der Waals surface area contributed by atoms with Crippen LogP contribution < -0.4 is 5.32 Å². The maximum Gasteiger partial charge on any atom is 0.416 e. The molecule has 0 radical (unpaired) electrons. The van der Waals surface area contributed by atoms with Gasteiger partial charge in [0, 0.05) is 11.7 Å². The highest BCUT2D eigenvalue weighted by atomic mass is 19.4.